The molecule has 0 unspecified atom stereocenters. The monoisotopic (exact) mass is 583 g/mol. The molecule has 1 aliphatic heterocycles. The Balaban J connectivity index is 0.000000532. The second kappa shape index (κ2) is 14.0. The highest BCUT2D eigenvalue weighted by Gasteiger charge is 2.38. The first-order valence-electron chi connectivity index (χ1n) is 12.4. The van der Waals surface area contributed by atoms with Crippen LogP contribution in [0.1, 0.15) is 29.5 Å². The fraction of sp³-hybridized carbons (Fsp3) is 0.370. The van der Waals surface area contributed by atoms with Crippen LogP contribution in [0.4, 0.5) is 13.2 Å². The van der Waals surface area contributed by atoms with Crippen LogP contribution in [-0.4, -0.2) is 56.7 Å². The van der Waals surface area contributed by atoms with Gasteiger partial charge in [0.05, 0.1) is 4.90 Å². The molecule has 0 atom stereocenters. The Kier molecular flexibility index (Phi) is 11.1. The van der Waals surface area contributed by atoms with Crippen LogP contribution in [0.5, 0.6) is 0 Å². The van der Waals surface area contributed by atoms with Gasteiger partial charge in [-0.3, -0.25) is 0 Å². The number of sulfonamides is 1. The molecular formula is C27H32F3N3O4S2. The van der Waals surface area contributed by atoms with E-state index in [2.05, 4.69) is 56.0 Å². The van der Waals surface area contributed by atoms with Gasteiger partial charge in [-0.15, -0.1) is 0 Å². The molecule has 0 bridgehead atoms. The predicted molar refractivity (Wildman–Crippen MR) is 146 cm³/mol. The van der Waals surface area contributed by atoms with Crippen LogP contribution >= 0.6 is 11.3 Å². The number of hydrogen-bond acceptors (Lipinski definition) is 6. The summed E-state index contributed by atoms with van der Waals surface area (Å²) >= 11 is 1.71. The van der Waals surface area contributed by atoms with Gasteiger partial charge in [0.1, 0.15) is 0 Å². The van der Waals surface area contributed by atoms with E-state index in [0.717, 1.165) is 49.4 Å². The minimum atomic E-state index is -5.08. The van der Waals surface area contributed by atoms with Gasteiger partial charge >= 0.3 is 12.1 Å². The Labute approximate surface area is 230 Å². The molecule has 7 nitrogen and oxygen atoms in total. The maximum atomic E-state index is 12.8. The van der Waals surface area contributed by atoms with E-state index in [-0.39, 0.29) is 0 Å². The quantitative estimate of drug-likeness (QED) is 0.310. The molecule has 1 aliphatic rings. The number of nitrogens with zero attached hydrogens (tertiary/aromatic N) is 1. The van der Waals surface area contributed by atoms with E-state index >= 15 is 0 Å². The molecule has 2 aromatic carbocycles. The molecule has 3 aromatic rings. The minimum Gasteiger partial charge on any atom is -0.475 e. The smallest absolute Gasteiger partial charge is 0.475 e. The lowest BCUT2D eigenvalue weighted by Gasteiger charge is -2.16. The first-order chi connectivity index (χ1) is 18.5. The number of likely N-dealkylation sites (tertiary alicyclic amines) is 1. The number of aliphatic carboxylic acids is 1. The molecule has 0 amide bonds. The normalized spacial score (nSPS) is 14.2. The van der Waals surface area contributed by atoms with Crippen molar-refractivity contribution >= 4 is 27.3 Å². The van der Waals surface area contributed by atoms with E-state index < -0.39 is 22.2 Å². The van der Waals surface area contributed by atoms with E-state index in [1.807, 2.05) is 19.1 Å². The van der Waals surface area contributed by atoms with Crippen molar-refractivity contribution in [3.63, 3.8) is 0 Å². The highest BCUT2D eigenvalue weighted by Crippen LogP contribution is 2.25. The van der Waals surface area contributed by atoms with Crippen molar-refractivity contribution in [1.82, 2.24) is 14.9 Å². The van der Waals surface area contributed by atoms with Gasteiger partial charge in [-0.1, -0.05) is 36.4 Å². The molecule has 0 aliphatic carbocycles. The highest BCUT2D eigenvalue weighted by atomic mass is 32.2. The maximum absolute atomic E-state index is 12.8. The molecule has 12 heteroatoms. The number of nitrogens with one attached hydrogen (secondary N) is 2. The molecule has 1 aromatic heterocycles. The number of benzene rings is 2. The van der Waals surface area contributed by atoms with E-state index in [1.54, 1.807) is 17.4 Å². The molecule has 4 rings (SSSR count). The summed E-state index contributed by atoms with van der Waals surface area (Å²) in [5, 5.41) is 14.8. The molecule has 212 valence electrons. The average Bonchev–Trinajstić information content (AvgIpc) is 3.59. The Morgan fingerprint density at radius 2 is 1.62 bits per heavy atom. The molecule has 2 heterocycles. The molecular weight excluding hydrogens is 551 g/mol. The van der Waals surface area contributed by atoms with Gasteiger partial charge in [0, 0.05) is 26.2 Å². The third kappa shape index (κ3) is 9.73. The van der Waals surface area contributed by atoms with Crippen LogP contribution in [-0.2, 0) is 27.9 Å². The Morgan fingerprint density at radius 3 is 2.18 bits per heavy atom. The number of alkyl halides is 3. The van der Waals surface area contributed by atoms with Crippen LogP contribution in [0.15, 0.2) is 64.2 Å². The fourth-order valence-electron chi connectivity index (χ4n) is 4.11. The summed E-state index contributed by atoms with van der Waals surface area (Å²) in [7, 11) is -3.50. The highest BCUT2D eigenvalue weighted by molar-refractivity contribution is 7.89. The second-order valence-corrected chi connectivity index (χ2v) is 11.7. The van der Waals surface area contributed by atoms with Crippen LogP contribution in [0.25, 0.3) is 11.1 Å². The number of carbonyl (C=O) groups is 1. The zero-order valence-corrected chi connectivity index (χ0v) is 23.1. The van der Waals surface area contributed by atoms with Gasteiger partial charge in [0.2, 0.25) is 10.0 Å². The summed E-state index contributed by atoms with van der Waals surface area (Å²) < 4.78 is 60.0. The molecule has 3 N–H and O–H groups in total. The Morgan fingerprint density at radius 1 is 1.00 bits per heavy atom. The number of hydrogen-bond donors (Lipinski definition) is 3. The van der Waals surface area contributed by atoms with Crippen LogP contribution < -0.4 is 10.0 Å². The fourth-order valence-corrected chi connectivity index (χ4v) is 6.03. The van der Waals surface area contributed by atoms with Crippen molar-refractivity contribution in [3.8, 4) is 11.1 Å². The van der Waals surface area contributed by atoms with E-state index in [1.165, 1.54) is 24.0 Å². The summed E-state index contributed by atoms with van der Waals surface area (Å²) in [5.41, 5.74) is 5.40. The number of carboxylic acids is 1. The van der Waals surface area contributed by atoms with Crippen LogP contribution in [0.2, 0.25) is 0 Å². The first kappa shape index (κ1) is 30.8. The van der Waals surface area contributed by atoms with Crippen molar-refractivity contribution in [3.05, 3.63) is 76.0 Å². The lowest BCUT2D eigenvalue weighted by atomic mass is 10.0. The summed E-state index contributed by atoms with van der Waals surface area (Å²) in [5.74, 6) is -2.76. The summed E-state index contributed by atoms with van der Waals surface area (Å²) in [6.07, 6.45) is -2.67. The summed E-state index contributed by atoms with van der Waals surface area (Å²) in [6.45, 7) is 6.90. The first-order valence-corrected chi connectivity index (χ1v) is 14.8. The van der Waals surface area contributed by atoms with E-state index in [0.29, 0.717) is 11.4 Å². The van der Waals surface area contributed by atoms with E-state index in [4.69, 9.17) is 9.90 Å². The van der Waals surface area contributed by atoms with Gasteiger partial charge in [-0.25, -0.2) is 17.9 Å². The number of halogens is 3. The van der Waals surface area contributed by atoms with Crippen molar-refractivity contribution in [1.29, 1.82) is 0 Å². The van der Waals surface area contributed by atoms with Crippen LogP contribution in [0, 0.1) is 6.92 Å². The van der Waals surface area contributed by atoms with E-state index in [9.17, 15) is 21.6 Å². The largest absolute Gasteiger partial charge is 0.490 e. The number of rotatable bonds is 10. The SMILES string of the molecule is Cc1cc(-c2ccc(CNCc3ccsc3)cc2)ccc1S(=O)(=O)NCCN1CCCC1.O=C(O)C(F)(F)F. The molecule has 39 heavy (non-hydrogen) atoms. The molecule has 0 saturated carbocycles. The van der Waals surface area contributed by atoms with Crippen molar-refractivity contribution in [2.24, 2.45) is 0 Å². The zero-order chi connectivity index (χ0) is 28.5. The van der Waals surface area contributed by atoms with Gasteiger partial charge in [-0.2, -0.15) is 24.5 Å². The zero-order valence-electron chi connectivity index (χ0n) is 21.5. The van der Waals surface area contributed by atoms with Gasteiger partial charge in [0.25, 0.3) is 0 Å². The maximum Gasteiger partial charge on any atom is 0.490 e. The standard InChI is InChI=1S/C25H31N3O2S2.C2HF3O2/c1-20-16-24(8-9-25(20)32(29,30)27-11-14-28-12-2-3-13-28)23-6-4-21(5-7-23)17-26-18-22-10-15-31-19-22;3-2(4,5)1(6)7/h4-10,15-16,19,26-27H,2-3,11-14,17-18H2,1H3;(H,6,7). The number of carboxylic acid groups (broad SMARTS) is 1. The minimum absolute atomic E-state index is 0.358. The average molecular weight is 584 g/mol. The second-order valence-electron chi connectivity index (χ2n) is 9.16. The Hall–Kier alpha value is -2.77. The topological polar surface area (TPSA) is 98.7 Å². The number of thiophene rings is 1. The molecule has 0 spiro atoms. The molecule has 1 saturated heterocycles. The van der Waals surface area contributed by atoms with Gasteiger partial charge in [-0.05, 0) is 83.6 Å². The Bertz CT molecular complexity index is 1310. The van der Waals surface area contributed by atoms with Gasteiger partial charge in [0.15, 0.2) is 0 Å². The van der Waals surface area contributed by atoms with Crippen molar-refractivity contribution in [2.75, 3.05) is 26.2 Å². The lowest BCUT2D eigenvalue weighted by Crippen LogP contribution is -2.33. The molecule has 1 fully saturated rings. The number of aryl methyl sites for hydroxylation is 1. The van der Waals surface area contributed by atoms with Crippen LogP contribution in [0.3, 0.4) is 0 Å². The van der Waals surface area contributed by atoms with Crippen molar-refractivity contribution in [2.45, 2.75) is 43.9 Å². The van der Waals surface area contributed by atoms with Gasteiger partial charge < -0.3 is 15.3 Å². The lowest BCUT2D eigenvalue weighted by molar-refractivity contribution is -0.192. The third-order valence-corrected chi connectivity index (χ3v) is 8.50. The predicted octanol–water partition coefficient (Wildman–Crippen LogP) is 5.02. The third-order valence-electron chi connectivity index (χ3n) is 6.15. The summed E-state index contributed by atoms with van der Waals surface area (Å²) in [6, 6.07) is 16.1. The van der Waals surface area contributed by atoms with Crippen molar-refractivity contribution < 1.29 is 31.5 Å². The molecule has 0 radical (unpaired) electrons. The summed E-state index contributed by atoms with van der Waals surface area (Å²) in [4.78, 5) is 11.6.